The van der Waals surface area contributed by atoms with Crippen molar-refractivity contribution < 1.29 is 27.4 Å². The lowest BCUT2D eigenvalue weighted by Gasteiger charge is -2.35. The van der Waals surface area contributed by atoms with Gasteiger partial charge in [0, 0.05) is 33.9 Å². The van der Waals surface area contributed by atoms with Gasteiger partial charge in [-0.25, -0.2) is 0 Å². The fourth-order valence-corrected chi connectivity index (χ4v) is 3.06. The first kappa shape index (κ1) is 23.4. The molecule has 29 heavy (non-hydrogen) atoms. The Morgan fingerprint density at radius 3 is 2.83 bits per heavy atom. The molecule has 9 heteroatoms. The lowest BCUT2D eigenvalue weighted by molar-refractivity contribution is -0.137. The first-order chi connectivity index (χ1) is 14.0. The van der Waals surface area contributed by atoms with E-state index in [2.05, 4.69) is 10.3 Å². The number of aliphatic imine (C=N–C) groups is 1. The number of morpholine rings is 1. The zero-order valence-electron chi connectivity index (χ0n) is 17.0. The smallest absolute Gasteiger partial charge is 0.382 e. The molecule has 1 heterocycles. The SMILES string of the molecule is CN=C(NCCCCOCCOC)N1CCOC(c2cccc(C(F)(F)F)c2)C1. The largest absolute Gasteiger partial charge is 0.416 e. The van der Waals surface area contributed by atoms with E-state index in [1.165, 1.54) is 6.07 Å². The van der Waals surface area contributed by atoms with E-state index in [0.29, 0.717) is 45.1 Å². The summed E-state index contributed by atoms with van der Waals surface area (Å²) in [5.74, 6) is 0.727. The quantitative estimate of drug-likeness (QED) is 0.380. The number of nitrogens with one attached hydrogen (secondary N) is 1. The maximum absolute atomic E-state index is 13.0. The monoisotopic (exact) mass is 417 g/mol. The third-order valence-corrected chi connectivity index (χ3v) is 4.59. The molecule has 2 rings (SSSR count). The number of unbranched alkanes of at least 4 members (excludes halogenated alkanes) is 1. The number of guanidine groups is 1. The molecule has 1 aromatic carbocycles. The predicted molar refractivity (Wildman–Crippen MR) is 105 cm³/mol. The second-order valence-electron chi connectivity index (χ2n) is 6.71. The summed E-state index contributed by atoms with van der Waals surface area (Å²) < 4.78 is 55.0. The summed E-state index contributed by atoms with van der Waals surface area (Å²) in [6.07, 6.45) is -2.95. The maximum Gasteiger partial charge on any atom is 0.416 e. The highest BCUT2D eigenvalue weighted by atomic mass is 19.4. The summed E-state index contributed by atoms with van der Waals surface area (Å²) in [5.41, 5.74) is -0.140. The molecule has 1 atom stereocenters. The summed E-state index contributed by atoms with van der Waals surface area (Å²) in [6.45, 7) is 4.11. The van der Waals surface area contributed by atoms with Crippen molar-refractivity contribution in [1.82, 2.24) is 10.2 Å². The van der Waals surface area contributed by atoms with Crippen molar-refractivity contribution in [1.29, 1.82) is 0 Å². The van der Waals surface area contributed by atoms with Crippen LogP contribution >= 0.6 is 0 Å². The molecule has 0 amide bonds. The molecule has 1 fully saturated rings. The Kier molecular flexibility index (Phi) is 9.69. The highest BCUT2D eigenvalue weighted by molar-refractivity contribution is 5.80. The zero-order valence-corrected chi connectivity index (χ0v) is 17.0. The zero-order chi connectivity index (χ0) is 21.1. The fourth-order valence-electron chi connectivity index (χ4n) is 3.06. The molecular weight excluding hydrogens is 387 g/mol. The highest BCUT2D eigenvalue weighted by Gasteiger charge is 2.32. The maximum atomic E-state index is 13.0. The van der Waals surface area contributed by atoms with Gasteiger partial charge in [0.25, 0.3) is 0 Å². The first-order valence-corrected chi connectivity index (χ1v) is 9.76. The Hall–Kier alpha value is -1.84. The summed E-state index contributed by atoms with van der Waals surface area (Å²) >= 11 is 0. The Morgan fingerprint density at radius 1 is 1.28 bits per heavy atom. The molecule has 1 unspecified atom stereocenters. The number of nitrogens with zero attached hydrogens (tertiary/aromatic N) is 2. The molecule has 0 aromatic heterocycles. The second-order valence-corrected chi connectivity index (χ2v) is 6.71. The molecule has 1 aromatic rings. The number of benzene rings is 1. The number of methoxy groups -OCH3 is 1. The fraction of sp³-hybridized carbons (Fsp3) is 0.650. The highest BCUT2D eigenvalue weighted by Crippen LogP contribution is 2.32. The van der Waals surface area contributed by atoms with Crippen LogP contribution in [0.5, 0.6) is 0 Å². The molecule has 1 saturated heterocycles. The molecule has 0 spiro atoms. The summed E-state index contributed by atoms with van der Waals surface area (Å²) in [7, 11) is 3.34. The number of hydrogen-bond acceptors (Lipinski definition) is 4. The van der Waals surface area contributed by atoms with Gasteiger partial charge in [0.1, 0.15) is 6.10 Å². The van der Waals surface area contributed by atoms with Crippen LogP contribution in [0.15, 0.2) is 29.3 Å². The average molecular weight is 417 g/mol. The summed E-state index contributed by atoms with van der Waals surface area (Å²) in [5, 5.41) is 3.31. The van der Waals surface area contributed by atoms with Crippen LogP contribution in [-0.4, -0.2) is 71.1 Å². The first-order valence-electron chi connectivity index (χ1n) is 9.76. The lowest BCUT2D eigenvalue weighted by atomic mass is 10.0. The van der Waals surface area contributed by atoms with Crippen molar-refractivity contribution in [2.45, 2.75) is 25.1 Å². The minimum Gasteiger partial charge on any atom is -0.382 e. The van der Waals surface area contributed by atoms with E-state index in [9.17, 15) is 13.2 Å². The standard InChI is InChI=1S/C20H30F3N3O3/c1-24-19(25-8-3-4-10-28-13-12-27-2)26-9-11-29-18(15-26)16-6-5-7-17(14-16)20(21,22)23/h5-7,14,18H,3-4,8-13,15H2,1-2H3,(H,24,25). The van der Waals surface area contributed by atoms with E-state index in [0.717, 1.165) is 37.5 Å². The number of rotatable bonds is 9. The number of alkyl halides is 3. The molecule has 1 N–H and O–H groups in total. The normalized spacial score (nSPS) is 18.2. The Labute approximate surface area is 170 Å². The topological polar surface area (TPSA) is 55.3 Å². The van der Waals surface area contributed by atoms with Gasteiger partial charge >= 0.3 is 6.18 Å². The summed E-state index contributed by atoms with van der Waals surface area (Å²) in [4.78, 5) is 6.32. The molecular formula is C20H30F3N3O3. The Balaban J connectivity index is 1.82. The number of hydrogen-bond donors (Lipinski definition) is 1. The van der Waals surface area contributed by atoms with E-state index >= 15 is 0 Å². The van der Waals surface area contributed by atoms with Crippen molar-refractivity contribution in [2.75, 3.05) is 60.2 Å². The van der Waals surface area contributed by atoms with Crippen LogP contribution in [0, 0.1) is 0 Å². The number of ether oxygens (including phenoxy) is 3. The van der Waals surface area contributed by atoms with Crippen LogP contribution in [0.4, 0.5) is 13.2 Å². The predicted octanol–water partition coefficient (Wildman–Crippen LogP) is 3.10. The summed E-state index contributed by atoms with van der Waals surface area (Å²) in [6, 6.07) is 5.32. The number of halogens is 3. The minimum absolute atomic E-state index is 0.426. The average Bonchev–Trinajstić information content (AvgIpc) is 2.72. The van der Waals surface area contributed by atoms with Crippen molar-refractivity contribution in [2.24, 2.45) is 4.99 Å². The van der Waals surface area contributed by atoms with E-state index in [4.69, 9.17) is 14.2 Å². The van der Waals surface area contributed by atoms with Gasteiger partial charge in [-0.05, 0) is 30.5 Å². The molecule has 0 saturated carbocycles. The van der Waals surface area contributed by atoms with Crippen molar-refractivity contribution in [3.8, 4) is 0 Å². The van der Waals surface area contributed by atoms with Crippen LogP contribution in [-0.2, 0) is 20.4 Å². The van der Waals surface area contributed by atoms with Crippen molar-refractivity contribution in [3.05, 3.63) is 35.4 Å². The molecule has 0 radical (unpaired) electrons. The van der Waals surface area contributed by atoms with Crippen molar-refractivity contribution >= 4 is 5.96 Å². The van der Waals surface area contributed by atoms with Gasteiger partial charge in [0.15, 0.2) is 5.96 Å². The molecule has 1 aliphatic rings. The Morgan fingerprint density at radius 2 is 2.10 bits per heavy atom. The lowest BCUT2D eigenvalue weighted by Crippen LogP contribution is -2.48. The Bertz CT molecular complexity index is 641. The van der Waals surface area contributed by atoms with Gasteiger partial charge < -0.3 is 24.4 Å². The van der Waals surface area contributed by atoms with Gasteiger partial charge in [-0.2, -0.15) is 13.2 Å². The molecule has 0 aliphatic carbocycles. The van der Waals surface area contributed by atoms with E-state index in [1.54, 1.807) is 20.2 Å². The van der Waals surface area contributed by atoms with E-state index in [-0.39, 0.29) is 0 Å². The van der Waals surface area contributed by atoms with Crippen molar-refractivity contribution in [3.63, 3.8) is 0 Å². The molecule has 0 bridgehead atoms. The van der Waals surface area contributed by atoms with Gasteiger partial charge in [0.05, 0.1) is 31.9 Å². The van der Waals surface area contributed by atoms with Gasteiger partial charge in [0.2, 0.25) is 0 Å². The van der Waals surface area contributed by atoms with E-state index in [1.807, 2.05) is 4.90 Å². The second kappa shape index (κ2) is 12.0. The van der Waals surface area contributed by atoms with Crippen LogP contribution < -0.4 is 5.32 Å². The van der Waals surface area contributed by atoms with Gasteiger partial charge in [-0.3, -0.25) is 4.99 Å². The van der Waals surface area contributed by atoms with Crippen LogP contribution in [0.2, 0.25) is 0 Å². The van der Waals surface area contributed by atoms with Crippen LogP contribution in [0.25, 0.3) is 0 Å². The van der Waals surface area contributed by atoms with E-state index < -0.39 is 17.8 Å². The molecule has 1 aliphatic heterocycles. The third kappa shape index (κ3) is 7.83. The molecule has 164 valence electrons. The van der Waals surface area contributed by atoms with Crippen LogP contribution in [0.3, 0.4) is 0 Å². The minimum atomic E-state index is -4.37. The van der Waals surface area contributed by atoms with Crippen LogP contribution in [0.1, 0.15) is 30.1 Å². The van der Waals surface area contributed by atoms with Gasteiger partial charge in [-0.15, -0.1) is 0 Å². The van der Waals surface area contributed by atoms with Gasteiger partial charge in [-0.1, -0.05) is 12.1 Å². The third-order valence-electron chi connectivity index (χ3n) is 4.59. The molecule has 6 nitrogen and oxygen atoms in total.